The molecule has 0 saturated heterocycles. The molecular weight excluding hydrogens is 372 g/mol. The van der Waals surface area contributed by atoms with Crippen molar-refractivity contribution in [3.05, 3.63) is 63.5 Å². The third kappa shape index (κ3) is 2.50. The molecular formula is C17H15BrN4O2. The first-order valence-corrected chi connectivity index (χ1v) is 8.47. The monoisotopic (exact) mass is 386 g/mol. The lowest BCUT2D eigenvalue weighted by molar-refractivity contribution is 0.0930. The molecule has 0 bridgehead atoms. The Kier molecular flexibility index (Phi) is 3.82. The van der Waals surface area contributed by atoms with Crippen LogP contribution in [0.3, 0.4) is 0 Å². The van der Waals surface area contributed by atoms with E-state index in [1.165, 1.54) is 15.6 Å². The molecule has 0 aliphatic heterocycles. The maximum Gasteiger partial charge on any atom is 0.270 e. The molecule has 6 nitrogen and oxygen atoms in total. The summed E-state index contributed by atoms with van der Waals surface area (Å²) < 4.78 is 2.07. The number of carbonyl (C=O) groups excluding carboxylic acids is 1. The van der Waals surface area contributed by atoms with E-state index in [0.29, 0.717) is 21.5 Å². The summed E-state index contributed by atoms with van der Waals surface area (Å²) in [6.07, 6.45) is 3.24. The van der Waals surface area contributed by atoms with E-state index in [9.17, 15) is 9.90 Å². The van der Waals surface area contributed by atoms with Gasteiger partial charge in [-0.25, -0.2) is 9.50 Å². The second-order valence-corrected chi connectivity index (χ2v) is 6.62. The van der Waals surface area contributed by atoms with Crippen LogP contribution < -0.4 is 5.32 Å². The van der Waals surface area contributed by atoms with Crippen LogP contribution in [0.1, 0.15) is 27.3 Å². The Morgan fingerprint density at radius 3 is 2.67 bits per heavy atom. The number of nitrogens with zero attached hydrogens (tertiary/aromatic N) is 3. The number of benzene rings is 1. The Hall–Kier alpha value is -2.25. The zero-order valence-electron chi connectivity index (χ0n) is 12.7. The van der Waals surface area contributed by atoms with Gasteiger partial charge in [-0.3, -0.25) is 4.79 Å². The second-order valence-electron chi connectivity index (χ2n) is 5.83. The van der Waals surface area contributed by atoms with Crippen molar-refractivity contribution in [3.63, 3.8) is 0 Å². The third-order valence-electron chi connectivity index (χ3n) is 4.30. The molecule has 0 fully saturated rings. The predicted octanol–water partition coefficient (Wildman–Crippen LogP) is 1.88. The number of rotatable bonds is 3. The van der Waals surface area contributed by atoms with Crippen LogP contribution in [0, 0.1) is 0 Å². The van der Waals surface area contributed by atoms with Crippen molar-refractivity contribution >= 4 is 27.5 Å². The fraction of sp³-hybridized carbons (Fsp3) is 0.235. The van der Waals surface area contributed by atoms with E-state index in [1.54, 1.807) is 12.3 Å². The summed E-state index contributed by atoms with van der Waals surface area (Å²) in [4.78, 5) is 16.9. The Labute approximate surface area is 146 Å². The van der Waals surface area contributed by atoms with Crippen LogP contribution in [0.5, 0.6) is 0 Å². The molecule has 0 saturated carbocycles. The number of aliphatic hydroxyl groups excluding tert-OH is 1. The number of carbonyl (C=O) groups is 1. The minimum Gasteiger partial charge on any atom is -0.390 e. The van der Waals surface area contributed by atoms with E-state index in [-0.39, 0.29) is 18.6 Å². The van der Waals surface area contributed by atoms with Crippen molar-refractivity contribution in [2.45, 2.75) is 25.5 Å². The number of aromatic nitrogens is 3. The Morgan fingerprint density at radius 2 is 2.00 bits per heavy atom. The molecule has 4 rings (SSSR count). The van der Waals surface area contributed by atoms with Crippen molar-refractivity contribution in [2.24, 2.45) is 0 Å². The van der Waals surface area contributed by atoms with Crippen LogP contribution in [0.2, 0.25) is 0 Å². The summed E-state index contributed by atoms with van der Waals surface area (Å²) >= 11 is 3.37. The van der Waals surface area contributed by atoms with Crippen molar-refractivity contribution in [3.8, 4) is 0 Å². The molecule has 2 aromatic heterocycles. The quantitative estimate of drug-likeness (QED) is 0.720. The number of halogens is 1. The minimum absolute atomic E-state index is 0.0782. The highest BCUT2D eigenvalue weighted by molar-refractivity contribution is 9.10. The van der Waals surface area contributed by atoms with Crippen LogP contribution in [0.25, 0.3) is 5.65 Å². The highest BCUT2D eigenvalue weighted by Gasteiger charge is 2.24. The molecule has 0 unspecified atom stereocenters. The van der Waals surface area contributed by atoms with Crippen LogP contribution >= 0.6 is 15.9 Å². The maximum absolute atomic E-state index is 12.7. The highest BCUT2D eigenvalue weighted by atomic mass is 79.9. The van der Waals surface area contributed by atoms with Crippen molar-refractivity contribution in [2.75, 3.05) is 0 Å². The van der Waals surface area contributed by atoms with Crippen LogP contribution in [0.4, 0.5) is 0 Å². The molecule has 2 N–H and O–H groups in total. The summed E-state index contributed by atoms with van der Waals surface area (Å²) in [5.74, 6) is -0.195. The standard InChI is InChI=1S/C17H15BrN4O2/c18-15-13(9-23)21-22-14(5-6-19-16(15)22)17(24)20-12-7-10-3-1-2-4-11(10)8-12/h1-6,12,23H,7-9H2,(H,20,24). The molecule has 1 amide bonds. The first-order valence-electron chi connectivity index (χ1n) is 7.68. The number of fused-ring (bicyclic) bond motifs is 2. The van der Waals surface area contributed by atoms with Gasteiger partial charge < -0.3 is 10.4 Å². The zero-order chi connectivity index (χ0) is 16.7. The summed E-state index contributed by atoms with van der Waals surface area (Å²) in [5, 5.41) is 16.7. The van der Waals surface area contributed by atoms with E-state index in [2.05, 4.69) is 43.5 Å². The van der Waals surface area contributed by atoms with Gasteiger partial charge in [0.2, 0.25) is 0 Å². The molecule has 0 radical (unpaired) electrons. The molecule has 0 spiro atoms. The van der Waals surface area contributed by atoms with Gasteiger partial charge in [-0.2, -0.15) is 5.10 Å². The lowest BCUT2D eigenvalue weighted by atomic mass is 10.1. The fourth-order valence-electron chi connectivity index (χ4n) is 3.16. The van der Waals surface area contributed by atoms with Gasteiger partial charge in [0, 0.05) is 12.2 Å². The number of hydrogen-bond acceptors (Lipinski definition) is 4. The Morgan fingerprint density at radius 1 is 1.29 bits per heavy atom. The van der Waals surface area contributed by atoms with Gasteiger partial charge in [0.25, 0.3) is 5.91 Å². The number of amides is 1. The molecule has 1 aliphatic carbocycles. The molecule has 24 heavy (non-hydrogen) atoms. The van der Waals surface area contributed by atoms with Crippen molar-refractivity contribution in [1.29, 1.82) is 0 Å². The smallest absolute Gasteiger partial charge is 0.270 e. The fourth-order valence-corrected chi connectivity index (χ4v) is 3.63. The molecule has 122 valence electrons. The molecule has 1 aromatic carbocycles. The minimum atomic E-state index is -0.219. The normalized spacial score (nSPS) is 14.1. The van der Waals surface area contributed by atoms with Gasteiger partial charge in [-0.15, -0.1) is 0 Å². The molecule has 1 aliphatic rings. The van der Waals surface area contributed by atoms with Gasteiger partial charge >= 0.3 is 0 Å². The third-order valence-corrected chi connectivity index (χ3v) is 5.11. The first kappa shape index (κ1) is 15.3. The molecule has 2 heterocycles. The Bertz CT molecular complexity index is 912. The van der Waals surface area contributed by atoms with Crippen LogP contribution in [-0.2, 0) is 19.4 Å². The molecule has 7 heteroatoms. The average molecular weight is 387 g/mol. The highest BCUT2D eigenvalue weighted by Crippen LogP contribution is 2.23. The SMILES string of the molecule is O=C(NC1Cc2ccccc2C1)c1ccnc2c(Br)c(CO)nn12. The largest absolute Gasteiger partial charge is 0.390 e. The van der Waals surface area contributed by atoms with E-state index < -0.39 is 0 Å². The van der Waals surface area contributed by atoms with E-state index >= 15 is 0 Å². The van der Waals surface area contributed by atoms with E-state index in [0.717, 1.165) is 12.8 Å². The number of nitrogens with one attached hydrogen (secondary N) is 1. The summed E-state index contributed by atoms with van der Waals surface area (Å²) in [6, 6.07) is 9.95. The van der Waals surface area contributed by atoms with E-state index in [1.807, 2.05) is 12.1 Å². The molecule has 3 aromatic rings. The summed E-state index contributed by atoms with van der Waals surface area (Å²) in [5.41, 5.74) is 3.94. The average Bonchev–Trinajstić information content (AvgIpc) is 3.15. The van der Waals surface area contributed by atoms with Crippen molar-refractivity contribution < 1.29 is 9.90 Å². The predicted molar refractivity (Wildman–Crippen MR) is 91.7 cm³/mol. The lowest BCUT2D eigenvalue weighted by Gasteiger charge is -2.12. The number of hydrogen-bond donors (Lipinski definition) is 2. The maximum atomic E-state index is 12.7. The van der Waals surface area contributed by atoms with Crippen LogP contribution in [-0.4, -0.2) is 31.7 Å². The van der Waals surface area contributed by atoms with E-state index in [4.69, 9.17) is 0 Å². The lowest BCUT2D eigenvalue weighted by Crippen LogP contribution is -2.36. The van der Waals surface area contributed by atoms with Gasteiger partial charge in [-0.1, -0.05) is 24.3 Å². The first-order chi connectivity index (χ1) is 11.7. The Balaban J connectivity index is 1.61. The van der Waals surface area contributed by atoms with Gasteiger partial charge in [0.1, 0.15) is 11.4 Å². The van der Waals surface area contributed by atoms with Gasteiger partial charge in [0.15, 0.2) is 5.65 Å². The van der Waals surface area contributed by atoms with Gasteiger partial charge in [0.05, 0.1) is 11.1 Å². The second kappa shape index (κ2) is 5.99. The zero-order valence-corrected chi connectivity index (χ0v) is 14.3. The van der Waals surface area contributed by atoms with Crippen molar-refractivity contribution in [1.82, 2.24) is 19.9 Å². The summed E-state index contributed by atoms with van der Waals surface area (Å²) in [7, 11) is 0. The topological polar surface area (TPSA) is 79.5 Å². The van der Waals surface area contributed by atoms with Gasteiger partial charge in [-0.05, 0) is 46.0 Å². The molecule has 0 atom stereocenters. The van der Waals surface area contributed by atoms with Crippen LogP contribution in [0.15, 0.2) is 41.0 Å². The summed E-state index contributed by atoms with van der Waals surface area (Å²) in [6.45, 7) is -0.219. The number of aliphatic hydroxyl groups is 1.